The van der Waals surface area contributed by atoms with Gasteiger partial charge in [-0.15, -0.1) is 11.3 Å². The highest BCUT2D eigenvalue weighted by molar-refractivity contribution is 7.80. The summed E-state index contributed by atoms with van der Waals surface area (Å²) in [4.78, 5) is 13.4. The lowest BCUT2D eigenvalue weighted by atomic mass is 10.1. The van der Waals surface area contributed by atoms with Crippen LogP contribution in [0.15, 0.2) is 18.2 Å². The molecule has 8 heteroatoms. The number of methoxy groups -OCH3 is 3. The van der Waals surface area contributed by atoms with Crippen molar-refractivity contribution in [3.05, 3.63) is 39.8 Å². The molecule has 1 aliphatic rings. The molecule has 0 fully saturated rings. The predicted octanol–water partition coefficient (Wildman–Crippen LogP) is 3.53. The van der Waals surface area contributed by atoms with Crippen LogP contribution in [-0.2, 0) is 24.1 Å². The quantitative estimate of drug-likeness (QED) is 0.562. The highest BCUT2D eigenvalue weighted by Crippen LogP contribution is 2.39. The summed E-state index contributed by atoms with van der Waals surface area (Å²) in [5, 5.41) is 7.52. The average Bonchev–Trinajstić information content (AvgIpc) is 3.26. The van der Waals surface area contributed by atoms with E-state index < -0.39 is 0 Å². The maximum absolute atomic E-state index is 12.2. The Morgan fingerprint density at radius 3 is 2.67 bits per heavy atom. The summed E-state index contributed by atoms with van der Waals surface area (Å²) >= 11 is 6.99. The summed E-state index contributed by atoms with van der Waals surface area (Å²) in [5.74, 6) is 1.02. The maximum Gasteiger partial charge on any atom is 0.341 e. The number of fused-ring (bicyclic) bond motifs is 1. The zero-order chi connectivity index (χ0) is 19.4. The number of carbonyl (C=O) groups excluding carboxylic acids is 1. The molecule has 0 spiro atoms. The number of thiophene rings is 1. The van der Waals surface area contributed by atoms with Crippen molar-refractivity contribution in [2.75, 3.05) is 26.6 Å². The smallest absolute Gasteiger partial charge is 0.341 e. The van der Waals surface area contributed by atoms with Crippen LogP contribution in [0.1, 0.15) is 32.8 Å². The molecule has 27 heavy (non-hydrogen) atoms. The molecule has 0 saturated carbocycles. The normalized spacial score (nSPS) is 12.3. The molecule has 1 aliphatic carbocycles. The van der Waals surface area contributed by atoms with Gasteiger partial charge in [0, 0.05) is 11.4 Å². The van der Waals surface area contributed by atoms with Crippen LogP contribution in [0.4, 0.5) is 5.00 Å². The van der Waals surface area contributed by atoms with Crippen LogP contribution in [0.3, 0.4) is 0 Å². The van der Waals surface area contributed by atoms with Gasteiger partial charge in [-0.25, -0.2) is 4.79 Å². The van der Waals surface area contributed by atoms with E-state index in [1.165, 1.54) is 12.0 Å². The molecule has 0 aliphatic heterocycles. The number of carbonyl (C=O) groups is 1. The third-order valence-electron chi connectivity index (χ3n) is 4.44. The molecule has 0 saturated heterocycles. The highest BCUT2D eigenvalue weighted by atomic mass is 32.1. The van der Waals surface area contributed by atoms with E-state index in [1.807, 2.05) is 18.2 Å². The van der Waals surface area contributed by atoms with Crippen LogP contribution in [0.5, 0.6) is 11.5 Å². The Morgan fingerprint density at radius 2 is 1.96 bits per heavy atom. The molecule has 1 heterocycles. The van der Waals surface area contributed by atoms with Gasteiger partial charge >= 0.3 is 5.97 Å². The Morgan fingerprint density at radius 1 is 1.19 bits per heavy atom. The van der Waals surface area contributed by atoms with Crippen molar-refractivity contribution in [1.82, 2.24) is 5.32 Å². The van der Waals surface area contributed by atoms with Gasteiger partial charge in [0.05, 0.1) is 26.9 Å². The molecular formula is C19H22N2O4S2. The molecule has 1 aromatic heterocycles. The molecule has 144 valence electrons. The number of aryl methyl sites for hydroxylation is 1. The van der Waals surface area contributed by atoms with Crippen molar-refractivity contribution < 1.29 is 19.0 Å². The van der Waals surface area contributed by atoms with Crippen molar-refractivity contribution in [2.45, 2.75) is 25.8 Å². The van der Waals surface area contributed by atoms with E-state index in [4.69, 9.17) is 26.4 Å². The van der Waals surface area contributed by atoms with Gasteiger partial charge < -0.3 is 24.8 Å². The van der Waals surface area contributed by atoms with Gasteiger partial charge in [-0.1, -0.05) is 6.07 Å². The number of hydrogen-bond acceptors (Lipinski definition) is 6. The second-order valence-corrected chi connectivity index (χ2v) is 7.56. The number of anilines is 1. The fourth-order valence-corrected chi connectivity index (χ4v) is 4.65. The second-order valence-electron chi connectivity index (χ2n) is 6.05. The molecule has 0 radical (unpaired) electrons. The summed E-state index contributed by atoms with van der Waals surface area (Å²) in [6.07, 6.45) is 2.98. The lowest BCUT2D eigenvalue weighted by molar-refractivity contribution is 0.0601. The summed E-state index contributed by atoms with van der Waals surface area (Å²) in [6, 6.07) is 5.69. The van der Waals surface area contributed by atoms with Crippen LogP contribution >= 0.6 is 23.6 Å². The number of benzene rings is 1. The summed E-state index contributed by atoms with van der Waals surface area (Å²) in [5.41, 5.74) is 2.71. The third-order valence-corrected chi connectivity index (χ3v) is 5.89. The van der Waals surface area contributed by atoms with E-state index in [2.05, 4.69) is 10.6 Å². The first-order valence-electron chi connectivity index (χ1n) is 8.56. The monoisotopic (exact) mass is 406 g/mol. The van der Waals surface area contributed by atoms with Gasteiger partial charge in [-0.05, 0) is 54.7 Å². The molecule has 1 aromatic carbocycles. The molecule has 0 atom stereocenters. The van der Waals surface area contributed by atoms with Crippen molar-refractivity contribution in [3.8, 4) is 11.5 Å². The number of rotatable bonds is 6. The summed E-state index contributed by atoms with van der Waals surface area (Å²) in [6.45, 7) is 0.519. The van der Waals surface area contributed by atoms with Gasteiger partial charge in [0.1, 0.15) is 5.00 Å². The minimum absolute atomic E-state index is 0.320. The Labute approximate surface area is 167 Å². The lowest BCUT2D eigenvalue weighted by Crippen LogP contribution is -2.28. The lowest BCUT2D eigenvalue weighted by Gasteiger charge is -2.13. The molecule has 0 amide bonds. The molecular weight excluding hydrogens is 384 g/mol. The molecule has 0 bridgehead atoms. The second kappa shape index (κ2) is 8.58. The van der Waals surface area contributed by atoms with Crippen LogP contribution in [0, 0.1) is 0 Å². The fourth-order valence-electron chi connectivity index (χ4n) is 3.13. The van der Waals surface area contributed by atoms with Gasteiger partial charge in [-0.3, -0.25) is 0 Å². The SMILES string of the molecule is COC(=O)c1c(NC(=S)NCc2ccc(OC)c(OC)c2)sc2c1CCC2. The van der Waals surface area contributed by atoms with E-state index >= 15 is 0 Å². The van der Waals surface area contributed by atoms with Gasteiger partial charge in [0.15, 0.2) is 16.6 Å². The van der Waals surface area contributed by atoms with E-state index in [0.717, 1.165) is 35.4 Å². The van der Waals surface area contributed by atoms with Crippen molar-refractivity contribution in [3.63, 3.8) is 0 Å². The zero-order valence-corrected chi connectivity index (χ0v) is 17.1. The van der Waals surface area contributed by atoms with E-state index in [9.17, 15) is 4.79 Å². The average molecular weight is 407 g/mol. The Balaban J connectivity index is 1.68. The predicted molar refractivity (Wildman–Crippen MR) is 110 cm³/mol. The molecule has 3 rings (SSSR count). The zero-order valence-electron chi connectivity index (χ0n) is 15.5. The number of thiocarbonyl (C=S) groups is 1. The number of hydrogen-bond donors (Lipinski definition) is 2. The van der Waals surface area contributed by atoms with Gasteiger partial charge in [-0.2, -0.15) is 0 Å². The van der Waals surface area contributed by atoms with Gasteiger partial charge in [0.25, 0.3) is 0 Å². The standard InChI is InChI=1S/C19H22N2O4S2/c1-23-13-8-7-11(9-14(13)24-2)10-20-19(26)21-17-16(18(22)25-3)12-5-4-6-15(12)27-17/h7-9H,4-6,10H2,1-3H3,(H2,20,21,26). The molecule has 0 unspecified atom stereocenters. The summed E-state index contributed by atoms with van der Waals surface area (Å²) < 4.78 is 15.5. The number of ether oxygens (including phenoxy) is 3. The molecule has 2 N–H and O–H groups in total. The largest absolute Gasteiger partial charge is 0.493 e. The van der Waals surface area contributed by atoms with Crippen LogP contribution < -0.4 is 20.1 Å². The summed E-state index contributed by atoms with van der Waals surface area (Å²) in [7, 11) is 4.61. The van der Waals surface area contributed by atoms with E-state index in [1.54, 1.807) is 25.6 Å². The number of esters is 1. The Kier molecular flexibility index (Phi) is 6.18. The minimum Gasteiger partial charge on any atom is -0.493 e. The third kappa shape index (κ3) is 4.17. The molecule has 2 aromatic rings. The van der Waals surface area contributed by atoms with E-state index in [0.29, 0.717) is 28.7 Å². The maximum atomic E-state index is 12.2. The Hall–Kier alpha value is -2.32. The van der Waals surface area contributed by atoms with Crippen LogP contribution in [0.2, 0.25) is 0 Å². The van der Waals surface area contributed by atoms with Gasteiger partial charge in [0.2, 0.25) is 0 Å². The number of nitrogens with one attached hydrogen (secondary N) is 2. The van der Waals surface area contributed by atoms with Crippen LogP contribution in [0.25, 0.3) is 0 Å². The topological polar surface area (TPSA) is 68.8 Å². The fraction of sp³-hybridized carbons (Fsp3) is 0.368. The Bertz CT molecular complexity index is 864. The van der Waals surface area contributed by atoms with E-state index in [-0.39, 0.29) is 5.97 Å². The first kappa shape index (κ1) is 19.4. The first-order valence-corrected chi connectivity index (χ1v) is 9.78. The highest BCUT2D eigenvalue weighted by Gasteiger charge is 2.27. The first-order chi connectivity index (χ1) is 13.1. The minimum atomic E-state index is -0.320. The molecule has 6 nitrogen and oxygen atoms in total. The van der Waals surface area contributed by atoms with Crippen LogP contribution in [-0.4, -0.2) is 32.4 Å². The van der Waals surface area contributed by atoms with Crippen molar-refractivity contribution in [1.29, 1.82) is 0 Å². The van der Waals surface area contributed by atoms with Crippen molar-refractivity contribution >= 4 is 39.6 Å². The van der Waals surface area contributed by atoms with Crippen molar-refractivity contribution in [2.24, 2.45) is 0 Å².